The van der Waals surface area contributed by atoms with Crippen LogP contribution in [-0.2, 0) is 22.9 Å². The summed E-state index contributed by atoms with van der Waals surface area (Å²) in [6, 6.07) is 17.9. The largest absolute Gasteiger partial charge is 0.284 e. The van der Waals surface area contributed by atoms with Crippen molar-refractivity contribution in [3.63, 3.8) is 0 Å². The summed E-state index contributed by atoms with van der Waals surface area (Å²) in [6.45, 7) is 0. The van der Waals surface area contributed by atoms with Gasteiger partial charge in [0.2, 0.25) is 10.0 Å². The van der Waals surface area contributed by atoms with Crippen LogP contribution >= 0.6 is 0 Å². The lowest BCUT2D eigenvalue weighted by atomic mass is 9.93. The van der Waals surface area contributed by atoms with Crippen LogP contribution in [-0.4, -0.2) is 19.7 Å². The predicted octanol–water partition coefficient (Wildman–Crippen LogP) is 4.14. The van der Waals surface area contributed by atoms with E-state index in [4.69, 9.17) is 0 Å². The van der Waals surface area contributed by atoms with Gasteiger partial charge in [0.1, 0.15) is 0 Å². The molecule has 0 amide bonds. The Hall–Kier alpha value is -2.92. The van der Waals surface area contributed by atoms with Gasteiger partial charge in [0, 0.05) is 23.6 Å². The van der Waals surface area contributed by atoms with Gasteiger partial charge in [-0.05, 0) is 64.9 Å². The van der Waals surface area contributed by atoms with Crippen LogP contribution in [0.25, 0.3) is 11.6 Å². The van der Waals surface area contributed by atoms with Crippen LogP contribution in [0.3, 0.4) is 0 Å². The van der Waals surface area contributed by atoms with Crippen LogP contribution in [0, 0.1) is 0 Å². The molecule has 4 nitrogen and oxygen atoms in total. The first-order valence-electron chi connectivity index (χ1n) is 8.81. The highest BCUT2D eigenvalue weighted by Gasteiger charge is 2.18. The molecular formula is C22H20N2O2S. The van der Waals surface area contributed by atoms with Crippen molar-refractivity contribution in [2.75, 3.05) is 11.0 Å². The van der Waals surface area contributed by atoms with E-state index >= 15 is 0 Å². The van der Waals surface area contributed by atoms with Gasteiger partial charge >= 0.3 is 0 Å². The van der Waals surface area contributed by atoms with Crippen molar-refractivity contribution in [3.8, 4) is 0 Å². The molecule has 4 rings (SSSR count). The number of fused-ring (bicyclic) bond motifs is 2. The fourth-order valence-electron chi connectivity index (χ4n) is 3.53. The molecule has 0 radical (unpaired) electrons. The summed E-state index contributed by atoms with van der Waals surface area (Å²) in [5, 5.41) is 0. The zero-order valence-electron chi connectivity index (χ0n) is 15.0. The van der Waals surface area contributed by atoms with Crippen LogP contribution < -0.4 is 4.72 Å². The molecule has 136 valence electrons. The van der Waals surface area contributed by atoms with Gasteiger partial charge in [-0.15, -0.1) is 0 Å². The van der Waals surface area contributed by atoms with Gasteiger partial charge in [-0.2, -0.15) is 0 Å². The van der Waals surface area contributed by atoms with E-state index in [1.807, 2.05) is 30.6 Å². The van der Waals surface area contributed by atoms with Gasteiger partial charge in [-0.3, -0.25) is 9.71 Å². The van der Waals surface area contributed by atoms with Crippen molar-refractivity contribution in [2.24, 2.45) is 0 Å². The van der Waals surface area contributed by atoms with Crippen molar-refractivity contribution in [1.82, 2.24) is 4.98 Å². The molecule has 1 heterocycles. The van der Waals surface area contributed by atoms with Crippen molar-refractivity contribution < 1.29 is 8.42 Å². The number of rotatable bonds is 3. The van der Waals surface area contributed by atoms with Crippen LogP contribution in [0.4, 0.5) is 5.69 Å². The summed E-state index contributed by atoms with van der Waals surface area (Å²) in [4.78, 5) is 4.34. The minimum Gasteiger partial charge on any atom is -0.284 e. The summed E-state index contributed by atoms with van der Waals surface area (Å²) in [6.07, 6.45) is 8.98. The summed E-state index contributed by atoms with van der Waals surface area (Å²) in [7, 11) is -3.31. The topological polar surface area (TPSA) is 59.1 Å². The van der Waals surface area contributed by atoms with E-state index in [9.17, 15) is 8.42 Å². The quantitative estimate of drug-likeness (QED) is 0.747. The molecule has 1 aliphatic rings. The Labute approximate surface area is 159 Å². The molecule has 0 saturated heterocycles. The molecule has 5 heteroatoms. The Balaban J connectivity index is 1.87. The Morgan fingerprint density at radius 2 is 1.74 bits per heavy atom. The highest BCUT2D eigenvalue weighted by Crippen LogP contribution is 2.34. The van der Waals surface area contributed by atoms with Crippen molar-refractivity contribution >= 4 is 27.4 Å². The lowest BCUT2D eigenvalue weighted by molar-refractivity contribution is 0.607. The first-order valence-corrected chi connectivity index (χ1v) is 10.7. The smallest absolute Gasteiger partial charge is 0.229 e. The van der Waals surface area contributed by atoms with Crippen LogP contribution in [0.2, 0.25) is 0 Å². The first-order chi connectivity index (χ1) is 13.0. The maximum Gasteiger partial charge on any atom is 0.229 e. The number of pyridine rings is 1. The Morgan fingerprint density at radius 1 is 0.963 bits per heavy atom. The van der Waals surface area contributed by atoms with Gasteiger partial charge in [0.25, 0.3) is 0 Å². The molecule has 1 aliphatic carbocycles. The van der Waals surface area contributed by atoms with E-state index in [-0.39, 0.29) is 0 Å². The molecule has 0 spiro atoms. The van der Waals surface area contributed by atoms with Crippen LogP contribution in [0.1, 0.15) is 27.8 Å². The number of aromatic nitrogens is 1. The highest BCUT2D eigenvalue weighted by molar-refractivity contribution is 7.92. The second kappa shape index (κ2) is 7.00. The van der Waals surface area contributed by atoms with Crippen LogP contribution in [0.5, 0.6) is 0 Å². The number of benzene rings is 2. The molecule has 0 saturated carbocycles. The maximum absolute atomic E-state index is 11.5. The molecule has 0 bridgehead atoms. The second-order valence-electron chi connectivity index (χ2n) is 6.75. The number of nitrogens with one attached hydrogen (secondary N) is 1. The van der Waals surface area contributed by atoms with E-state index < -0.39 is 10.0 Å². The highest BCUT2D eigenvalue weighted by atomic mass is 32.2. The van der Waals surface area contributed by atoms with E-state index in [1.165, 1.54) is 16.7 Å². The van der Waals surface area contributed by atoms with Crippen molar-refractivity contribution in [3.05, 3.63) is 94.8 Å². The van der Waals surface area contributed by atoms with Crippen LogP contribution in [0.15, 0.2) is 67.0 Å². The molecule has 0 unspecified atom stereocenters. The van der Waals surface area contributed by atoms with Gasteiger partial charge in [-0.1, -0.05) is 36.4 Å². The average molecular weight is 376 g/mol. The van der Waals surface area contributed by atoms with Gasteiger partial charge in [-0.25, -0.2) is 8.42 Å². The first kappa shape index (κ1) is 17.5. The third kappa shape index (κ3) is 3.93. The number of anilines is 1. The fourth-order valence-corrected chi connectivity index (χ4v) is 4.08. The number of aryl methyl sites for hydroxylation is 2. The Kier molecular flexibility index (Phi) is 4.54. The molecule has 0 fully saturated rings. The lowest BCUT2D eigenvalue weighted by Crippen LogP contribution is -2.09. The van der Waals surface area contributed by atoms with Gasteiger partial charge in [0.15, 0.2) is 0 Å². The molecule has 27 heavy (non-hydrogen) atoms. The number of hydrogen-bond acceptors (Lipinski definition) is 3. The SMILES string of the molecule is CS(=O)(=O)Nc1cccc(/C=C2\c3ccccc3CCc3ccncc32)c1. The third-order valence-electron chi connectivity index (χ3n) is 4.67. The monoisotopic (exact) mass is 376 g/mol. The molecule has 0 atom stereocenters. The van der Waals surface area contributed by atoms with E-state index in [1.54, 1.807) is 6.07 Å². The molecule has 3 aromatic rings. The van der Waals surface area contributed by atoms with Gasteiger partial charge < -0.3 is 0 Å². The number of hydrogen-bond donors (Lipinski definition) is 1. The van der Waals surface area contributed by atoms with E-state index in [2.05, 4.69) is 46.1 Å². The Bertz CT molecular complexity index is 1080. The maximum atomic E-state index is 11.5. The lowest BCUT2D eigenvalue weighted by Gasteiger charge is -2.12. The van der Waals surface area contributed by atoms with Gasteiger partial charge in [0.05, 0.1) is 6.26 Å². The zero-order valence-corrected chi connectivity index (χ0v) is 15.8. The average Bonchev–Trinajstić information content (AvgIpc) is 2.79. The standard InChI is InChI=1S/C22H20N2O2S/c1-27(25,26)24-19-7-4-5-16(13-19)14-21-20-8-3-2-6-17(20)9-10-18-11-12-23-15-22(18)21/h2-8,11-15,24H,9-10H2,1H3/b21-14+. The third-order valence-corrected chi connectivity index (χ3v) is 5.28. The minimum atomic E-state index is -3.31. The minimum absolute atomic E-state index is 0.556. The van der Waals surface area contributed by atoms with E-state index in [0.717, 1.165) is 35.8 Å². The number of sulfonamides is 1. The predicted molar refractivity (Wildman–Crippen MR) is 110 cm³/mol. The normalized spacial score (nSPS) is 14.9. The summed E-state index contributed by atoms with van der Waals surface area (Å²) in [5.74, 6) is 0. The fraction of sp³-hybridized carbons (Fsp3) is 0.136. The summed E-state index contributed by atoms with van der Waals surface area (Å²) >= 11 is 0. The van der Waals surface area contributed by atoms with Crippen molar-refractivity contribution in [1.29, 1.82) is 0 Å². The molecule has 1 N–H and O–H groups in total. The zero-order chi connectivity index (χ0) is 18.9. The van der Waals surface area contributed by atoms with E-state index in [0.29, 0.717) is 5.69 Å². The molecular weight excluding hydrogens is 356 g/mol. The molecule has 1 aromatic heterocycles. The van der Waals surface area contributed by atoms with Crippen molar-refractivity contribution in [2.45, 2.75) is 12.8 Å². The Morgan fingerprint density at radius 3 is 2.56 bits per heavy atom. The molecule has 0 aliphatic heterocycles. The summed E-state index contributed by atoms with van der Waals surface area (Å²) < 4.78 is 25.6. The number of nitrogens with zero attached hydrogens (tertiary/aromatic N) is 1. The second-order valence-corrected chi connectivity index (χ2v) is 8.50. The molecule has 2 aromatic carbocycles. The summed E-state index contributed by atoms with van der Waals surface area (Å²) in [5.41, 5.74) is 7.52.